The number of methoxy groups -OCH3 is 1. The van der Waals surface area contributed by atoms with Crippen LogP contribution in [0.3, 0.4) is 0 Å². The molecule has 2 N–H and O–H groups in total. The number of nitrogens with one attached hydrogen (secondary N) is 2. The number of hydrogen-bond acceptors (Lipinski definition) is 3. The van der Waals surface area contributed by atoms with Crippen molar-refractivity contribution in [1.29, 1.82) is 0 Å². The van der Waals surface area contributed by atoms with Gasteiger partial charge in [0.15, 0.2) is 0 Å². The van der Waals surface area contributed by atoms with Gasteiger partial charge in [-0.3, -0.25) is 0 Å². The molecule has 0 aliphatic heterocycles. The zero-order valence-electron chi connectivity index (χ0n) is 10.6. The molecule has 0 heterocycles. The molecule has 0 saturated heterocycles. The van der Waals surface area contributed by atoms with Crippen molar-refractivity contribution in [2.75, 3.05) is 33.4 Å². The molecule has 4 heteroatoms. The number of aryl methyl sites for hydroxylation is 1. The Bertz CT molecular complexity index is 331. The van der Waals surface area contributed by atoms with E-state index in [1.165, 1.54) is 5.56 Å². The normalized spacial score (nSPS) is 10.8. The van der Waals surface area contributed by atoms with Crippen LogP contribution in [0.25, 0.3) is 0 Å². The summed E-state index contributed by atoms with van der Waals surface area (Å²) in [6.07, 6.45) is 0. The van der Waals surface area contributed by atoms with Crippen molar-refractivity contribution < 1.29 is 4.74 Å². The van der Waals surface area contributed by atoms with Gasteiger partial charge in [0.1, 0.15) is 0 Å². The molecule has 0 atom stereocenters. The highest BCUT2D eigenvalue weighted by atomic mass is 35.5. The fourth-order valence-corrected chi connectivity index (χ4v) is 1.64. The third kappa shape index (κ3) is 6.03. The van der Waals surface area contributed by atoms with Gasteiger partial charge >= 0.3 is 0 Å². The molecule has 0 bridgehead atoms. The van der Waals surface area contributed by atoms with Crippen molar-refractivity contribution in [2.24, 2.45) is 0 Å². The van der Waals surface area contributed by atoms with Gasteiger partial charge in [-0.15, -0.1) is 0 Å². The Balaban J connectivity index is 2.11. The van der Waals surface area contributed by atoms with Crippen molar-refractivity contribution >= 4 is 11.6 Å². The molecule has 0 amide bonds. The van der Waals surface area contributed by atoms with Crippen LogP contribution in [0.15, 0.2) is 18.2 Å². The lowest BCUT2D eigenvalue weighted by Gasteiger charge is -2.07. The maximum Gasteiger partial charge on any atom is 0.0587 e. The SMILES string of the molecule is COCCNCCNCc1ccc(Cl)c(C)c1. The Labute approximate surface area is 109 Å². The Morgan fingerprint density at radius 1 is 1.18 bits per heavy atom. The number of hydrogen-bond donors (Lipinski definition) is 2. The Hall–Kier alpha value is -0.610. The number of halogens is 1. The smallest absolute Gasteiger partial charge is 0.0587 e. The molecule has 96 valence electrons. The first kappa shape index (κ1) is 14.5. The van der Waals surface area contributed by atoms with Crippen LogP contribution in [0.2, 0.25) is 5.02 Å². The highest BCUT2D eigenvalue weighted by Crippen LogP contribution is 2.15. The minimum atomic E-state index is 0.760. The topological polar surface area (TPSA) is 33.3 Å². The lowest BCUT2D eigenvalue weighted by atomic mass is 10.1. The zero-order chi connectivity index (χ0) is 12.5. The summed E-state index contributed by atoms with van der Waals surface area (Å²) in [7, 11) is 1.71. The second kappa shape index (κ2) is 8.48. The van der Waals surface area contributed by atoms with Gasteiger partial charge in [0.2, 0.25) is 0 Å². The monoisotopic (exact) mass is 256 g/mol. The minimum Gasteiger partial charge on any atom is -0.383 e. The first-order valence-corrected chi connectivity index (χ1v) is 6.27. The van der Waals surface area contributed by atoms with Crippen molar-refractivity contribution in [3.05, 3.63) is 34.3 Å². The predicted molar refractivity (Wildman–Crippen MR) is 72.6 cm³/mol. The molecule has 0 radical (unpaired) electrons. The van der Waals surface area contributed by atoms with Crippen LogP contribution in [-0.4, -0.2) is 33.4 Å². The fourth-order valence-electron chi connectivity index (χ4n) is 1.53. The van der Waals surface area contributed by atoms with E-state index in [-0.39, 0.29) is 0 Å². The molecule has 3 nitrogen and oxygen atoms in total. The lowest BCUT2D eigenvalue weighted by molar-refractivity contribution is 0.199. The largest absolute Gasteiger partial charge is 0.383 e. The molecule has 1 rings (SSSR count). The summed E-state index contributed by atoms with van der Waals surface area (Å²) < 4.78 is 4.95. The summed E-state index contributed by atoms with van der Waals surface area (Å²) in [5.74, 6) is 0. The first-order valence-electron chi connectivity index (χ1n) is 5.89. The van der Waals surface area contributed by atoms with Crippen molar-refractivity contribution in [3.8, 4) is 0 Å². The number of ether oxygens (including phenoxy) is 1. The van der Waals surface area contributed by atoms with E-state index < -0.39 is 0 Å². The van der Waals surface area contributed by atoms with Gasteiger partial charge in [-0.25, -0.2) is 0 Å². The van der Waals surface area contributed by atoms with Gasteiger partial charge in [0.25, 0.3) is 0 Å². The standard InChI is InChI=1S/C13H21ClN2O/c1-11-9-12(3-4-13(11)14)10-16-6-5-15-7-8-17-2/h3-4,9,15-16H,5-8,10H2,1-2H3. The molecule has 0 fully saturated rings. The summed E-state index contributed by atoms with van der Waals surface area (Å²) in [4.78, 5) is 0. The van der Waals surface area contributed by atoms with Crippen molar-refractivity contribution in [2.45, 2.75) is 13.5 Å². The third-order valence-corrected chi connectivity index (χ3v) is 2.94. The molecule has 0 aliphatic carbocycles. The van der Waals surface area contributed by atoms with Crippen LogP contribution in [0.4, 0.5) is 0 Å². The molecular formula is C13H21ClN2O. The van der Waals surface area contributed by atoms with Crippen LogP contribution < -0.4 is 10.6 Å². The minimum absolute atomic E-state index is 0.760. The van der Waals surface area contributed by atoms with Gasteiger partial charge < -0.3 is 15.4 Å². The molecule has 0 unspecified atom stereocenters. The molecule has 1 aromatic rings. The van der Waals surface area contributed by atoms with Crippen molar-refractivity contribution in [3.63, 3.8) is 0 Å². The zero-order valence-corrected chi connectivity index (χ0v) is 11.3. The average molecular weight is 257 g/mol. The second-order valence-corrected chi connectivity index (χ2v) is 4.41. The van der Waals surface area contributed by atoms with Gasteiger partial charge in [-0.05, 0) is 24.1 Å². The molecular weight excluding hydrogens is 236 g/mol. The van der Waals surface area contributed by atoms with Gasteiger partial charge in [0, 0.05) is 38.3 Å². The van der Waals surface area contributed by atoms with E-state index in [9.17, 15) is 0 Å². The Morgan fingerprint density at radius 3 is 2.65 bits per heavy atom. The van der Waals surface area contributed by atoms with Crippen LogP contribution in [0.1, 0.15) is 11.1 Å². The van der Waals surface area contributed by atoms with E-state index >= 15 is 0 Å². The van der Waals surface area contributed by atoms with Crippen LogP contribution >= 0.6 is 11.6 Å². The average Bonchev–Trinajstić information content (AvgIpc) is 2.32. The van der Waals surface area contributed by atoms with E-state index in [0.29, 0.717) is 0 Å². The summed E-state index contributed by atoms with van der Waals surface area (Å²) >= 11 is 5.97. The summed E-state index contributed by atoms with van der Waals surface area (Å²) in [5, 5.41) is 7.49. The molecule has 1 aromatic carbocycles. The van der Waals surface area contributed by atoms with E-state index in [0.717, 1.165) is 43.4 Å². The summed E-state index contributed by atoms with van der Waals surface area (Å²) in [5.41, 5.74) is 2.40. The molecule has 17 heavy (non-hydrogen) atoms. The Kier molecular flexibility index (Phi) is 7.21. The Morgan fingerprint density at radius 2 is 1.94 bits per heavy atom. The van der Waals surface area contributed by atoms with Crippen LogP contribution in [0.5, 0.6) is 0 Å². The maximum absolute atomic E-state index is 5.97. The van der Waals surface area contributed by atoms with E-state index in [2.05, 4.69) is 22.8 Å². The number of benzene rings is 1. The van der Waals surface area contributed by atoms with Crippen LogP contribution in [-0.2, 0) is 11.3 Å². The maximum atomic E-state index is 5.97. The van der Waals surface area contributed by atoms with Gasteiger partial charge in [-0.1, -0.05) is 23.7 Å². The molecule has 0 aliphatic rings. The highest BCUT2D eigenvalue weighted by molar-refractivity contribution is 6.31. The van der Waals surface area contributed by atoms with E-state index in [1.807, 2.05) is 13.0 Å². The number of rotatable bonds is 8. The molecule has 0 saturated carbocycles. The summed E-state index contributed by atoms with van der Waals surface area (Å²) in [6.45, 7) is 6.47. The van der Waals surface area contributed by atoms with Gasteiger partial charge in [0.05, 0.1) is 6.61 Å². The lowest BCUT2D eigenvalue weighted by Crippen LogP contribution is -2.29. The second-order valence-electron chi connectivity index (χ2n) is 4.00. The van der Waals surface area contributed by atoms with E-state index in [1.54, 1.807) is 7.11 Å². The van der Waals surface area contributed by atoms with Crippen molar-refractivity contribution in [1.82, 2.24) is 10.6 Å². The fraction of sp³-hybridized carbons (Fsp3) is 0.538. The predicted octanol–water partition coefficient (Wildman–Crippen LogP) is 1.97. The van der Waals surface area contributed by atoms with Crippen LogP contribution in [0, 0.1) is 6.92 Å². The third-order valence-electron chi connectivity index (χ3n) is 2.51. The highest BCUT2D eigenvalue weighted by Gasteiger charge is 1.97. The molecule has 0 spiro atoms. The molecule has 0 aromatic heterocycles. The summed E-state index contributed by atoms with van der Waals surface area (Å²) in [6, 6.07) is 6.12. The van der Waals surface area contributed by atoms with Gasteiger partial charge in [-0.2, -0.15) is 0 Å². The van der Waals surface area contributed by atoms with E-state index in [4.69, 9.17) is 16.3 Å². The first-order chi connectivity index (χ1) is 8.24. The quantitative estimate of drug-likeness (QED) is 0.698.